The van der Waals surface area contributed by atoms with E-state index in [0.29, 0.717) is 0 Å². The molecule has 0 aliphatic rings. The highest BCUT2D eigenvalue weighted by Crippen LogP contribution is 2.20. The predicted molar refractivity (Wildman–Crippen MR) is 59.6 cm³/mol. The Hall–Kier alpha value is -2.11. The van der Waals surface area contributed by atoms with Gasteiger partial charge in [-0.15, -0.1) is 0 Å². The molecule has 0 amide bonds. The number of benzene rings is 1. The minimum atomic E-state index is -0.774. The van der Waals surface area contributed by atoms with Crippen molar-refractivity contribution in [2.45, 2.75) is 26.6 Å². The summed E-state index contributed by atoms with van der Waals surface area (Å²) in [5.74, 6) is -0.0986. The second-order valence-corrected chi connectivity index (χ2v) is 3.28. The molecule has 1 atom stereocenters. The Morgan fingerprint density at radius 2 is 2.24 bits per heavy atom. The van der Waals surface area contributed by atoms with Gasteiger partial charge in [0.1, 0.15) is 5.75 Å². The molecule has 0 spiro atoms. The number of nitro groups is 1. The van der Waals surface area contributed by atoms with Crippen LogP contribution in [0, 0.1) is 10.1 Å². The molecule has 1 unspecified atom stereocenters. The van der Waals surface area contributed by atoms with E-state index >= 15 is 0 Å². The Labute approximate surface area is 98.3 Å². The van der Waals surface area contributed by atoms with Gasteiger partial charge in [0.25, 0.3) is 5.69 Å². The van der Waals surface area contributed by atoms with Crippen molar-refractivity contribution in [1.29, 1.82) is 0 Å². The second-order valence-electron chi connectivity index (χ2n) is 3.28. The van der Waals surface area contributed by atoms with E-state index in [1.807, 2.05) is 0 Å². The molecule has 1 aromatic rings. The van der Waals surface area contributed by atoms with Gasteiger partial charge in [0.05, 0.1) is 11.0 Å². The van der Waals surface area contributed by atoms with Gasteiger partial charge in [-0.25, -0.2) is 0 Å². The number of hydrogen-bond acceptors (Lipinski definition) is 5. The van der Waals surface area contributed by atoms with E-state index in [-0.39, 0.29) is 23.8 Å². The van der Waals surface area contributed by atoms with Gasteiger partial charge in [0.2, 0.25) is 6.29 Å². The molecule has 6 heteroatoms. The first-order chi connectivity index (χ1) is 8.02. The number of non-ortho nitro benzene ring substituents is 1. The topological polar surface area (TPSA) is 78.7 Å². The Kier molecular flexibility index (Phi) is 4.45. The average molecular weight is 239 g/mol. The van der Waals surface area contributed by atoms with Crippen molar-refractivity contribution in [3.8, 4) is 5.75 Å². The summed E-state index contributed by atoms with van der Waals surface area (Å²) in [6.07, 6.45) is -0.521. The van der Waals surface area contributed by atoms with Crippen LogP contribution in [0.25, 0.3) is 0 Å². The Morgan fingerprint density at radius 3 is 2.82 bits per heavy atom. The largest absolute Gasteiger partial charge is 0.455 e. The molecule has 1 aromatic carbocycles. The summed E-state index contributed by atoms with van der Waals surface area (Å²) in [5, 5.41) is 10.5. The molecule has 6 nitrogen and oxygen atoms in total. The summed E-state index contributed by atoms with van der Waals surface area (Å²) in [5.41, 5.74) is -0.0727. The number of nitro benzene ring substituents is 1. The van der Waals surface area contributed by atoms with Crippen LogP contribution in [0.1, 0.15) is 20.3 Å². The minimum absolute atomic E-state index is 0.0727. The number of carbonyl (C=O) groups is 1. The highest BCUT2D eigenvalue weighted by Gasteiger charge is 2.11. The number of rotatable bonds is 5. The average Bonchev–Trinajstić information content (AvgIpc) is 2.28. The number of hydrogen-bond donors (Lipinski definition) is 0. The Morgan fingerprint density at radius 1 is 1.53 bits per heavy atom. The van der Waals surface area contributed by atoms with E-state index in [0.717, 1.165) is 0 Å². The van der Waals surface area contributed by atoms with Gasteiger partial charge in [-0.05, 0) is 6.07 Å². The smallest absolute Gasteiger partial charge is 0.308 e. The lowest BCUT2D eigenvalue weighted by atomic mass is 10.3. The van der Waals surface area contributed by atoms with Gasteiger partial charge in [-0.2, -0.15) is 0 Å². The summed E-state index contributed by atoms with van der Waals surface area (Å²) in [7, 11) is 0. The molecule has 1 rings (SSSR count). The van der Waals surface area contributed by atoms with E-state index in [1.165, 1.54) is 18.2 Å². The Bertz CT molecular complexity index is 418. The highest BCUT2D eigenvalue weighted by molar-refractivity contribution is 5.68. The summed E-state index contributed by atoms with van der Waals surface area (Å²) < 4.78 is 10.1. The molecule has 0 bridgehead atoms. The van der Waals surface area contributed by atoms with E-state index in [1.54, 1.807) is 19.9 Å². The minimum Gasteiger partial charge on any atom is -0.455 e. The van der Waals surface area contributed by atoms with Crippen LogP contribution in [-0.2, 0) is 9.53 Å². The van der Waals surface area contributed by atoms with Gasteiger partial charge in [0, 0.05) is 19.4 Å². The van der Waals surface area contributed by atoms with Crippen molar-refractivity contribution >= 4 is 11.7 Å². The lowest BCUT2D eigenvalue weighted by Gasteiger charge is -2.14. The summed E-state index contributed by atoms with van der Waals surface area (Å²) in [4.78, 5) is 21.0. The SMILES string of the molecule is CCC(=O)OC(C)Oc1cccc([N+](=O)[O-])c1. The van der Waals surface area contributed by atoms with Crippen LogP contribution in [0.3, 0.4) is 0 Å². The fraction of sp³-hybridized carbons (Fsp3) is 0.364. The summed E-state index contributed by atoms with van der Waals surface area (Å²) in [6, 6.07) is 5.69. The summed E-state index contributed by atoms with van der Waals surface area (Å²) in [6.45, 7) is 3.22. The van der Waals surface area contributed by atoms with Crippen molar-refractivity contribution < 1.29 is 19.2 Å². The van der Waals surface area contributed by atoms with Crippen LogP contribution in [0.5, 0.6) is 5.75 Å². The molecule has 17 heavy (non-hydrogen) atoms. The molecule has 0 aromatic heterocycles. The zero-order valence-corrected chi connectivity index (χ0v) is 9.58. The maximum Gasteiger partial charge on any atom is 0.308 e. The van der Waals surface area contributed by atoms with E-state index in [9.17, 15) is 14.9 Å². The first-order valence-electron chi connectivity index (χ1n) is 5.13. The fourth-order valence-electron chi connectivity index (χ4n) is 1.15. The monoisotopic (exact) mass is 239 g/mol. The lowest BCUT2D eigenvalue weighted by molar-refractivity contribution is -0.385. The van der Waals surface area contributed by atoms with Gasteiger partial charge in [-0.1, -0.05) is 13.0 Å². The zero-order chi connectivity index (χ0) is 12.8. The van der Waals surface area contributed by atoms with Crippen molar-refractivity contribution in [2.24, 2.45) is 0 Å². The number of nitrogens with zero attached hydrogens (tertiary/aromatic N) is 1. The zero-order valence-electron chi connectivity index (χ0n) is 9.58. The van der Waals surface area contributed by atoms with Gasteiger partial charge >= 0.3 is 5.97 Å². The predicted octanol–water partition coefficient (Wildman–Crippen LogP) is 2.27. The molecule has 0 saturated carbocycles. The first-order valence-corrected chi connectivity index (χ1v) is 5.13. The fourth-order valence-corrected chi connectivity index (χ4v) is 1.15. The maximum absolute atomic E-state index is 11.0. The lowest BCUT2D eigenvalue weighted by Crippen LogP contribution is -2.20. The number of esters is 1. The van der Waals surface area contributed by atoms with Crippen LogP contribution < -0.4 is 4.74 Å². The van der Waals surface area contributed by atoms with E-state index in [4.69, 9.17) is 9.47 Å². The van der Waals surface area contributed by atoms with E-state index < -0.39 is 11.2 Å². The quantitative estimate of drug-likeness (QED) is 0.341. The van der Waals surface area contributed by atoms with Crippen molar-refractivity contribution in [2.75, 3.05) is 0 Å². The number of ether oxygens (including phenoxy) is 2. The van der Waals surface area contributed by atoms with Crippen LogP contribution in [-0.4, -0.2) is 17.2 Å². The third-order valence-corrected chi connectivity index (χ3v) is 1.92. The molecular weight excluding hydrogens is 226 g/mol. The third-order valence-electron chi connectivity index (χ3n) is 1.92. The maximum atomic E-state index is 11.0. The molecular formula is C11H13NO5. The van der Waals surface area contributed by atoms with Crippen LogP contribution in [0.15, 0.2) is 24.3 Å². The third kappa shape index (κ3) is 4.10. The van der Waals surface area contributed by atoms with Crippen molar-refractivity contribution in [1.82, 2.24) is 0 Å². The normalized spacial score (nSPS) is 11.6. The van der Waals surface area contributed by atoms with E-state index in [2.05, 4.69) is 0 Å². The molecule has 0 radical (unpaired) electrons. The highest BCUT2D eigenvalue weighted by atomic mass is 16.7. The van der Waals surface area contributed by atoms with Crippen molar-refractivity contribution in [3.05, 3.63) is 34.4 Å². The van der Waals surface area contributed by atoms with Crippen LogP contribution in [0.2, 0.25) is 0 Å². The molecule has 92 valence electrons. The second kappa shape index (κ2) is 5.83. The molecule has 0 aliphatic carbocycles. The standard InChI is InChI=1S/C11H13NO5/c1-3-11(13)17-8(2)16-10-6-4-5-9(7-10)12(14)15/h4-8H,3H2,1-2H3. The van der Waals surface area contributed by atoms with Crippen LogP contribution >= 0.6 is 0 Å². The molecule has 0 saturated heterocycles. The molecule has 0 heterocycles. The van der Waals surface area contributed by atoms with Crippen molar-refractivity contribution in [3.63, 3.8) is 0 Å². The van der Waals surface area contributed by atoms with Gasteiger partial charge < -0.3 is 9.47 Å². The van der Waals surface area contributed by atoms with Gasteiger partial charge in [0.15, 0.2) is 0 Å². The summed E-state index contributed by atoms with van der Waals surface area (Å²) >= 11 is 0. The van der Waals surface area contributed by atoms with Crippen LogP contribution in [0.4, 0.5) is 5.69 Å². The Balaban J connectivity index is 2.65. The molecule has 0 N–H and O–H groups in total. The molecule has 0 fully saturated rings. The molecule has 0 aliphatic heterocycles. The number of carbonyl (C=O) groups excluding carboxylic acids is 1. The first kappa shape index (κ1) is 13.0. The van der Waals surface area contributed by atoms with Gasteiger partial charge in [-0.3, -0.25) is 14.9 Å².